The predicted octanol–water partition coefficient (Wildman–Crippen LogP) is 4.48. The summed E-state index contributed by atoms with van der Waals surface area (Å²) < 4.78 is 26.0. The number of carbonyl (C=O) groups is 2. The average Bonchev–Trinajstić information content (AvgIpc) is 2.81. The van der Waals surface area contributed by atoms with Crippen molar-refractivity contribution in [2.24, 2.45) is 4.99 Å². The number of aliphatic imine (C=N–C) groups is 1. The lowest BCUT2D eigenvalue weighted by molar-refractivity contribution is -0.115. The van der Waals surface area contributed by atoms with Gasteiger partial charge in [-0.05, 0) is 74.2 Å². The molecule has 0 fully saturated rings. The number of aromatic hydroxyl groups is 1. The lowest BCUT2D eigenvalue weighted by Crippen LogP contribution is -2.34. The molecule has 176 valence electrons. The van der Waals surface area contributed by atoms with Gasteiger partial charge in [-0.2, -0.15) is 0 Å². The molecular weight excluding hydrogens is 454 g/mol. The number of hydrogen-bond acceptors (Lipinski definition) is 6. The molecule has 2 amide bonds. The van der Waals surface area contributed by atoms with E-state index in [9.17, 15) is 23.1 Å². The van der Waals surface area contributed by atoms with Crippen molar-refractivity contribution in [3.05, 3.63) is 77.9 Å². The molecule has 1 unspecified atom stereocenters. The summed E-state index contributed by atoms with van der Waals surface area (Å²) >= 11 is 0. The molecule has 0 heterocycles. The SMILES string of the molecule is C=Nc1ccc(C(=O)Nc2ccc(NC(=O)C(CC)S(=O)(=O)c3cccc(C)c3)cc2O)cc1. The van der Waals surface area contributed by atoms with Crippen LogP contribution in [0.4, 0.5) is 17.1 Å². The van der Waals surface area contributed by atoms with E-state index < -0.39 is 26.9 Å². The molecule has 3 aromatic carbocycles. The first-order valence-corrected chi connectivity index (χ1v) is 12.0. The van der Waals surface area contributed by atoms with Crippen molar-refractivity contribution in [2.45, 2.75) is 30.4 Å². The Bertz CT molecular complexity index is 1330. The van der Waals surface area contributed by atoms with Crippen molar-refractivity contribution in [3.8, 4) is 5.75 Å². The minimum atomic E-state index is -3.91. The summed E-state index contributed by atoms with van der Waals surface area (Å²) in [5.74, 6) is -1.45. The van der Waals surface area contributed by atoms with E-state index in [0.29, 0.717) is 11.3 Å². The number of nitrogens with one attached hydrogen (secondary N) is 2. The maximum atomic E-state index is 13.0. The molecule has 0 aliphatic rings. The number of nitrogens with zero attached hydrogens (tertiary/aromatic N) is 1. The van der Waals surface area contributed by atoms with E-state index >= 15 is 0 Å². The van der Waals surface area contributed by atoms with Crippen molar-refractivity contribution in [3.63, 3.8) is 0 Å². The maximum absolute atomic E-state index is 13.0. The number of amides is 2. The molecule has 3 aromatic rings. The maximum Gasteiger partial charge on any atom is 0.255 e. The van der Waals surface area contributed by atoms with Crippen molar-refractivity contribution < 1.29 is 23.1 Å². The first-order valence-electron chi connectivity index (χ1n) is 10.5. The second-order valence-electron chi connectivity index (χ2n) is 7.64. The number of hydrogen-bond donors (Lipinski definition) is 3. The van der Waals surface area contributed by atoms with Crippen LogP contribution in [0, 0.1) is 6.92 Å². The van der Waals surface area contributed by atoms with Crippen LogP contribution in [0.15, 0.2) is 76.6 Å². The van der Waals surface area contributed by atoms with Gasteiger partial charge in [-0.3, -0.25) is 14.6 Å². The summed E-state index contributed by atoms with van der Waals surface area (Å²) in [4.78, 5) is 29.1. The third kappa shape index (κ3) is 5.49. The molecule has 34 heavy (non-hydrogen) atoms. The fourth-order valence-corrected chi connectivity index (χ4v) is 5.08. The van der Waals surface area contributed by atoms with E-state index in [4.69, 9.17) is 0 Å². The third-order valence-corrected chi connectivity index (χ3v) is 7.39. The van der Waals surface area contributed by atoms with Gasteiger partial charge in [0.2, 0.25) is 5.91 Å². The number of sulfone groups is 1. The fourth-order valence-electron chi connectivity index (χ4n) is 3.35. The highest BCUT2D eigenvalue weighted by Gasteiger charge is 2.32. The second kappa shape index (κ2) is 10.3. The van der Waals surface area contributed by atoms with Crippen molar-refractivity contribution >= 4 is 45.4 Å². The van der Waals surface area contributed by atoms with Crippen LogP contribution in [-0.2, 0) is 14.6 Å². The molecule has 3 N–H and O–H groups in total. The minimum absolute atomic E-state index is 0.0718. The Morgan fingerprint density at radius 3 is 2.32 bits per heavy atom. The van der Waals surface area contributed by atoms with Crippen LogP contribution in [0.5, 0.6) is 5.75 Å². The number of aryl methyl sites for hydroxylation is 1. The molecule has 0 aliphatic carbocycles. The van der Waals surface area contributed by atoms with Crippen LogP contribution in [-0.4, -0.2) is 37.3 Å². The molecular formula is C25H25N3O5S. The van der Waals surface area contributed by atoms with Crippen molar-refractivity contribution in [1.82, 2.24) is 0 Å². The minimum Gasteiger partial charge on any atom is -0.506 e. The molecule has 1 atom stereocenters. The van der Waals surface area contributed by atoms with Crippen molar-refractivity contribution in [2.75, 3.05) is 10.6 Å². The number of rotatable bonds is 8. The Hall–Kier alpha value is -3.98. The van der Waals surface area contributed by atoms with Gasteiger partial charge in [0.25, 0.3) is 5.91 Å². The van der Waals surface area contributed by atoms with Crippen LogP contribution in [0.3, 0.4) is 0 Å². The molecule has 0 radical (unpaired) electrons. The van der Waals surface area contributed by atoms with Gasteiger partial charge in [0.1, 0.15) is 11.0 Å². The molecule has 9 heteroatoms. The number of carbonyl (C=O) groups excluding carboxylic acids is 2. The van der Waals surface area contributed by atoms with Crippen molar-refractivity contribution in [1.29, 1.82) is 0 Å². The van der Waals surface area contributed by atoms with E-state index in [-0.39, 0.29) is 28.4 Å². The number of phenolic OH excluding ortho intramolecular Hbond substituents is 1. The van der Waals surface area contributed by atoms with Crippen LogP contribution < -0.4 is 10.6 Å². The first-order chi connectivity index (χ1) is 16.1. The third-order valence-electron chi connectivity index (χ3n) is 5.18. The smallest absolute Gasteiger partial charge is 0.255 e. The average molecular weight is 480 g/mol. The lowest BCUT2D eigenvalue weighted by Gasteiger charge is -2.17. The molecule has 0 saturated heterocycles. The normalized spacial score (nSPS) is 11.9. The standard InChI is InChI=1S/C25H25N3O5S/c1-4-23(34(32,33)20-7-5-6-16(2)14-20)25(31)27-19-12-13-21(22(29)15-19)28-24(30)17-8-10-18(26-3)11-9-17/h5-15,23,29H,3-4H2,1-2H3,(H,27,31)(H,28,30). The van der Waals surface area contributed by atoms with Crippen LogP contribution in [0.1, 0.15) is 29.3 Å². The fraction of sp³-hybridized carbons (Fsp3) is 0.160. The summed E-state index contributed by atoms with van der Waals surface area (Å²) in [5, 5.41) is 14.2. The highest BCUT2D eigenvalue weighted by atomic mass is 32.2. The van der Waals surface area contributed by atoms with Gasteiger partial charge in [-0.15, -0.1) is 0 Å². The second-order valence-corrected chi connectivity index (χ2v) is 9.77. The molecule has 0 saturated carbocycles. The summed E-state index contributed by atoms with van der Waals surface area (Å²) in [6.07, 6.45) is 0.0718. The predicted molar refractivity (Wildman–Crippen MR) is 133 cm³/mol. The Morgan fingerprint density at radius 2 is 1.74 bits per heavy atom. The molecule has 0 spiro atoms. The summed E-state index contributed by atoms with van der Waals surface area (Å²) in [5.41, 5.74) is 2.07. The largest absolute Gasteiger partial charge is 0.506 e. The van der Waals surface area contributed by atoms with Gasteiger partial charge >= 0.3 is 0 Å². The quantitative estimate of drug-likeness (QED) is 0.325. The van der Waals surface area contributed by atoms with Crippen LogP contribution in [0.25, 0.3) is 0 Å². The van der Waals surface area contributed by atoms with E-state index in [0.717, 1.165) is 5.56 Å². The molecule has 3 rings (SSSR count). The van der Waals surface area contributed by atoms with E-state index in [1.807, 2.05) is 0 Å². The van der Waals surface area contributed by atoms with Crippen LogP contribution >= 0.6 is 0 Å². The summed E-state index contributed by atoms with van der Waals surface area (Å²) in [7, 11) is -3.91. The topological polar surface area (TPSA) is 125 Å². The molecule has 0 aromatic heterocycles. The number of benzene rings is 3. The molecule has 0 bridgehead atoms. The van der Waals surface area contributed by atoms with Gasteiger partial charge in [-0.1, -0.05) is 19.1 Å². The van der Waals surface area contributed by atoms with E-state index in [1.54, 1.807) is 50.2 Å². The number of anilines is 2. The van der Waals surface area contributed by atoms with E-state index in [2.05, 4.69) is 22.3 Å². The highest BCUT2D eigenvalue weighted by Crippen LogP contribution is 2.28. The zero-order valence-corrected chi connectivity index (χ0v) is 19.6. The van der Waals surface area contributed by atoms with Gasteiger partial charge < -0.3 is 15.7 Å². The number of phenols is 1. The van der Waals surface area contributed by atoms with Crippen LogP contribution in [0.2, 0.25) is 0 Å². The highest BCUT2D eigenvalue weighted by molar-refractivity contribution is 7.92. The lowest BCUT2D eigenvalue weighted by atomic mass is 10.2. The Kier molecular flexibility index (Phi) is 7.47. The summed E-state index contributed by atoms with van der Waals surface area (Å²) in [6, 6.07) is 16.9. The Balaban J connectivity index is 1.74. The zero-order chi connectivity index (χ0) is 24.9. The molecule has 8 nitrogen and oxygen atoms in total. The van der Waals surface area contributed by atoms with E-state index in [1.165, 1.54) is 30.3 Å². The zero-order valence-electron chi connectivity index (χ0n) is 18.8. The van der Waals surface area contributed by atoms with Gasteiger partial charge in [0.05, 0.1) is 16.3 Å². The van der Waals surface area contributed by atoms with Gasteiger partial charge in [0.15, 0.2) is 9.84 Å². The monoisotopic (exact) mass is 479 g/mol. The Labute approximate surface area is 198 Å². The first kappa shape index (κ1) is 24.7. The Morgan fingerprint density at radius 1 is 1.03 bits per heavy atom. The molecule has 0 aliphatic heterocycles. The summed E-state index contributed by atoms with van der Waals surface area (Å²) in [6.45, 7) is 6.81. The van der Waals surface area contributed by atoms with Gasteiger partial charge in [-0.25, -0.2) is 8.42 Å². The van der Waals surface area contributed by atoms with Gasteiger partial charge in [0, 0.05) is 17.3 Å².